The van der Waals surface area contributed by atoms with E-state index in [0.717, 1.165) is 11.3 Å². The molecule has 0 radical (unpaired) electrons. The number of piperazine rings is 1. The monoisotopic (exact) mass is 394 g/mol. The lowest BCUT2D eigenvalue weighted by molar-refractivity contribution is 0.384. The number of rotatable bonds is 4. The van der Waals surface area contributed by atoms with Crippen LogP contribution in [0.1, 0.15) is 11.1 Å². The number of sulfonamides is 1. The average Bonchev–Trinajstić information content (AvgIpc) is 2.64. The predicted octanol–water partition coefficient (Wildman–Crippen LogP) is 3.48. The number of hydrogen-bond donors (Lipinski definition) is 0. The molecular weight excluding hydrogens is 372 g/mol. The highest BCUT2D eigenvalue weighted by molar-refractivity contribution is 7.89. The molecule has 1 saturated heterocycles. The Bertz CT molecular complexity index is 890. The zero-order chi connectivity index (χ0) is 18.9. The van der Waals surface area contributed by atoms with Gasteiger partial charge in [0.2, 0.25) is 10.0 Å². The molecular formula is C19H23ClN2O3S. The van der Waals surface area contributed by atoms with E-state index in [1.165, 1.54) is 0 Å². The lowest BCUT2D eigenvalue weighted by atomic mass is 10.1. The van der Waals surface area contributed by atoms with Crippen molar-refractivity contribution >= 4 is 27.3 Å². The third-order valence-corrected chi connectivity index (χ3v) is 7.03. The molecule has 2 aromatic rings. The molecule has 1 heterocycles. The molecule has 0 spiro atoms. The van der Waals surface area contributed by atoms with Crippen molar-refractivity contribution in [2.75, 3.05) is 38.2 Å². The third-order valence-electron chi connectivity index (χ3n) is 4.74. The van der Waals surface area contributed by atoms with E-state index in [9.17, 15) is 8.42 Å². The number of aryl methyl sites for hydroxylation is 2. The van der Waals surface area contributed by atoms with Gasteiger partial charge in [0, 0.05) is 36.9 Å². The molecule has 0 N–H and O–H groups in total. The van der Waals surface area contributed by atoms with Gasteiger partial charge < -0.3 is 9.64 Å². The second-order valence-corrected chi connectivity index (χ2v) is 8.80. The minimum Gasteiger partial charge on any atom is -0.496 e. The smallest absolute Gasteiger partial charge is 0.243 e. The van der Waals surface area contributed by atoms with Crippen LogP contribution in [0.4, 0.5) is 5.69 Å². The standard InChI is InChI=1S/C19H23ClN2O3S/c1-14-13-19(15(2)12-18(14)25-3)26(23,24)22-10-8-21(9-11-22)17-6-4-16(20)5-7-17/h4-7,12-13H,8-11H2,1-3H3. The van der Waals surface area contributed by atoms with Crippen LogP contribution in [0.15, 0.2) is 41.3 Å². The molecule has 0 bridgehead atoms. The van der Waals surface area contributed by atoms with Crippen LogP contribution in [0.25, 0.3) is 0 Å². The first-order chi connectivity index (χ1) is 12.3. The molecule has 3 rings (SSSR count). The third kappa shape index (κ3) is 3.68. The van der Waals surface area contributed by atoms with Crippen LogP contribution in [0.2, 0.25) is 5.02 Å². The molecule has 26 heavy (non-hydrogen) atoms. The van der Waals surface area contributed by atoms with Crippen molar-refractivity contribution < 1.29 is 13.2 Å². The van der Waals surface area contributed by atoms with E-state index in [-0.39, 0.29) is 0 Å². The lowest BCUT2D eigenvalue weighted by Gasteiger charge is -2.35. The number of anilines is 1. The molecule has 0 unspecified atom stereocenters. The number of hydrogen-bond acceptors (Lipinski definition) is 4. The van der Waals surface area contributed by atoms with Gasteiger partial charge in [-0.3, -0.25) is 0 Å². The summed E-state index contributed by atoms with van der Waals surface area (Å²) in [5.74, 6) is 0.703. The maximum absolute atomic E-state index is 13.1. The predicted molar refractivity (Wildman–Crippen MR) is 105 cm³/mol. The summed E-state index contributed by atoms with van der Waals surface area (Å²) in [5, 5.41) is 0.695. The fourth-order valence-electron chi connectivity index (χ4n) is 3.24. The van der Waals surface area contributed by atoms with Crippen LogP contribution in [-0.4, -0.2) is 46.0 Å². The molecule has 1 aliphatic rings. The van der Waals surface area contributed by atoms with Crippen LogP contribution in [0, 0.1) is 13.8 Å². The van der Waals surface area contributed by atoms with Gasteiger partial charge in [0.1, 0.15) is 5.75 Å². The summed E-state index contributed by atoms with van der Waals surface area (Å²) in [6.45, 7) is 5.86. The Morgan fingerprint density at radius 3 is 2.15 bits per heavy atom. The Morgan fingerprint density at radius 2 is 1.58 bits per heavy atom. The highest BCUT2D eigenvalue weighted by Gasteiger charge is 2.30. The Labute approximate surface area is 160 Å². The van der Waals surface area contributed by atoms with Gasteiger partial charge in [-0.15, -0.1) is 0 Å². The molecule has 0 aliphatic carbocycles. The summed E-state index contributed by atoms with van der Waals surface area (Å²) >= 11 is 5.94. The summed E-state index contributed by atoms with van der Waals surface area (Å²) in [7, 11) is -1.93. The number of halogens is 1. The van der Waals surface area contributed by atoms with Crippen LogP contribution in [0.3, 0.4) is 0 Å². The SMILES string of the molecule is COc1cc(C)c(S(=O)(=O)N2CCN(c3ccc(Cl)cc3)CC2)cc1C. The molecule has 0 aromatic heterocycles. The highest BCUT2D eigenvalue weighted by Crippen LogP contribution is 2.29. The fourth-order valence-corrected chi connectivity index (χ4v) is 5.08. The normalized spacial score (nSPS) is 15.9. The highest BCUT2D eigenvalue weighted by atomic mass is 35.5. The van der Waals surface area contributed by atoms with Crippen LogP contribution < -0.4 is 9.64 Å². The van der Waals surface area contributed by atoms with Crippen molar-refractivity contribution in [3.05, 3.63) is 52.5 Å². The maximum Gasteiger partial charge on any atom is 0.243 e. The van der Waals surface area contributed by atoms with Gasteiger partial charge in [0.25, 0.3) is 0 Å². The summed E-state index contributed by atoms with van der Waals surface area (Å²) in [6, 6.07) is 11.1. The molecule has 1 aliphatic heterocycles. The van der Waals surface area contributed by atoms with Crippen molar-refractivity contribution in [3.8, 4) is 5.75 Å². The van der Waals surface area contributed by atoms with E-state index < -0.39 is 10.0 Å². The Kier molecular flexibility index (Phi) is 5.46. The number of methoxy groups -OCH3 is 1. The first-order valence-corrected chi connectivity index (χ1v) is 10.3. The molecule has 0 atom stereocenters. The number of ether oxygens (including phenoxy) is 1. The Morgan fingerprint density at radius 1 is 0.962 bits per heavy atom. The van der Waals surface area contributed by atoms with Crippen molar-refractivity contribution in [2.45, 2.75) is 18.7 Å². The molecule has 7 heteroatoms. The molecule has 5 nitrogen and oxygen atoms in total. The molecule has 2 aromatic carbocycles. The molecule has 1 fully saturated rings. The van der Waals surface area contributed by atoms with Crippen LogP contribution >= 0.6 is 11.6 Å². The minimum atomic E-state index is -3.52. The van der Waals surface area contributed by atoms with Gasteiger partial charge >= 0.3 is 0 Å². The second-order valence-electron chi connectivity index (χ2n) is 6.45. The zero-order valence-electron chi connectivity index (χ0n) is 15.2. The van der Waals surface area contributed by atoms with Crippen LogP contribution in [0.5, 0.6) is 5.75 Å². The molecule has 0 saturated carbocycles. The quantitative estimate of drug-likeness (QED) is 0.796. The maximum atomic E-state index is 13.1. The number of nitrogens with zero attached hydrogens (tertiary/aromatic N) is 2. The lowest BCUT2D eigenvalue weighted by Crippen LogP contribution is -2.48. The molecule has 140 valence electrons. The van der Waals surface area contributed by atoms with Crippen molar-refractivity contribution in [3.63, 3.8) is 0 Å². The summed E-state index contributed by atoms with van der Waals surface area (Å²) in [6.07, 6.45) is 0. The van der Waals surface area contributed by atoms with Gasteiger partial charge in [-0.2, -0.15) is 4.31 Å². The van der Waals surface area contributed by atoms with Gasteiger partial charge in [-0.05, 0) is 61.4 Å². The van der Waals surface area contributed by atoms with Gasteiger partial charge in [0.15, 0.2) is 0 Å². The first kappa shape index (κ1) is 19.0. The van der Waals surface area contributed by atoms with E-state index in [1.807, 2.05) is 31.2 Å². The summed E-state index contributed by atoms with van der Waals surface area (Å²) in [5.41, 5.74) is 2.58. The van der Waals surface area contributed by atoms with Gasteiger partial charge in [0.05, 0.1) is 12.0 Å². The van der Waals surface area contributed by atoms with Crippen molar-refractivity contribution in [1.29, 1.82) is 0 Å². The Hall–Kier alpha value is -1.76. The van der Waals surface area contributed by atoms with Crippen molar-refractivity contribution in [2.24, 2.45) is 0 Å². The van der Waals surface area contributed by atoms with E-state index >= 15 is 0 Å². The number of benzene rings is 2. The summed E-state index contributed by atoms with van der Waals surface area (Å²) in [4.78, 5) is 2.53. The zero-order valence-corrected chi connectivity index (χ0v) is 16.8. The molecule has 0 amide bonds. The van der Waals surface area contributed by atoms with Gasteiger partial charge in [-0.25, -0.2) is 8.42 Å². The summed E-state index contributed by atoms with van der Waals surface area (Å²) < 4.78 is 33.0. The van der Waals surface area contributed by atoms with Gasteiger partial charge in [-0.1, -0.05) is 11.6 Å². The van der Waals surface area contributed by atoms with Crippen molar-refractivity contribution in [1.82, 2.24) is 4.31 Å². The first-order valence-electron chi connectivity index (χ1n) is 8.49. The van der Waals surface area contributed by atoms with E-state index in [0.29, 0.717) is 47.4 Å². The average molecular weight is 395 g/mol. The van der Waals surface area contributed by atoms with E-state index in [4.69, 9.17) is 16.3 Å². The largest absolute Gasteiger partial charge is 0.496 e. The minimum absolute atomic E-state index is 0.357. The Balaban J connectivity index is 1.78. The van der Waals surface area contributed by atoms with Crippen LogP contribution in [-0.2, 0) is 10.0 Å². The fraction of sp³-hybridized carbons (Fsp3) is 0.368. The second kappa shape index (κ2) is 7.47. The van der Waals surface area contributed by atoms with E-state index in [1.54, 1.807) is 30.5 Å². The van der Waals surface area contributed by atoms with E-state index in [2.05, 4.69) is 4.90 Å². The topological polar surface area (TPSA) is 49.9 Å².